The summed E-state index contributed by atoms with van der Waals surface area (Å²) in [5.74, 6) is -0.199. The summed E-state index contributed by atoms with van der Waals surface area (Å²) in [4.78, 5) is -0.129. The van der Waals surface area contributed by atoms with Gasteiger partial charge in [-0.1, -0.05) is 25.4 Å². The Kier molecular flexibility index (Phi) is 4.52. The van der Waals surface area contributed by atoms with Crippen LogP contribution in [0.3, 0.4) is 0 Å². The zero-order valence-corrected chi connectivity index (χ0v) is 13.9. The minimum Gasteiger partial charge on any atom is -0.396 e. The third-order valence-electron chi connectivity index (χ3n) is 4.18. The number of benzene rings is 1. The van der Waals surface area contributed by atoms with E-state index in [1.54, 1.807) is 0 Å². The molecule has 0 radical (unpaired) electrons. The lowest BCUT2D eigenvalue weighted by Crippen LogP contribution is -2.48. The lowest BCUT2D eigenvalue weighted by Gasteiger charge is -2.40. The first-order valence-electron chi connectivity index (χ1n) is 6.91. The van der Waals surface area contributed by atoms with E-state index in [-0.39, 0.29) is 33.5 Å². The van der Waals surface area contributed by atoms with Crippen molar-refractivity contribution in [3.8, 4) is 0 Å². The van der Waals surface area contributed by atoms with Gasteiger partial charge in [0, 0.05) is 12.6 Å². The van der Waals surface area contributed by atoms with E-state index in [1.807, 2.05) is 20.8 Å². The molecule has 1 aromatic carbocycles. The van der Waals surface area contributed by atoms with E-state index in [1.165, 1.54) is 4.31 Å². The average Bonchev–Trinajstić information content (AvgIpc) is 2.37. The van der Waals surface area contributed by atoms with Crippen molar-refractivity contribution >= 4 is 27.3 Å². The fraction of sp³-hybridized carbons (Fsp3) is 0.571. The van der Waals surface area contributed by atoms with Crippen molar-refractivity contribution in [1.82, 2.24) is 4.31 Å². The molecule has 118 valence electrons. The minimum atomic E-state index is -3.79. The zero-order chi connectivity index (χ0) is 15.9. The maximum absolute atomic E-state index is 13.4. The molecular formula is C14H20ClFN2O2S. The molecule has 1 aliphatic heterocycles. The lowest BCUT2D eigenvalue weighted by molar-refractivity contribution is 0.157. The zero-order valence-electron chi connectivity index (χ0n) is 12.3. The Balaban J connectivity index is 2.49. The van der Waals surface area contributed by atoms with Crippen LogP contribution in [0.2, 0.25) is 5.02 Å². The molecule has 3 atom stereocenters. The molecule has 0 aromatic heterocycles. The standard InChI is InChI=1S/C14H20ClFN2O2S/c1-8-4-9(2)10(3)18(7-8)21(19,20)14-6-13(17)12(16)5-11(14)15/h5-6,8-10H,4,7,17H2,1-3H3. The number of piperidine rings is 1. The maximum atomic E-state index is 13.4. The van der Waals surface area contributed by atoms with Gasteiger partial charge in [-0.05, 0) is 37.3 Å². The van der Waals surface area contributed by atoms with Crippen molar-refractivity contribution in [3.63, 3.8) is 0 Å². The van der Waals surface area contributed by atoms with Gasteiger partial charge in [-0.3, -0.25) is 0 Å². The molecule has 21 heavy (non-hydrogen) atoms. The second-order valence-electron chi connectivity index (χ2n) is 5.94. The number of anilines is 1. The summed E-state index contributed by atoms with van der Waals surface area (Å²) < 4.78 is 40.5. The Bertz CT molecular complexity index is 651. The van der Waals surface area contributed by atoms with Crippen LogP contribution in [0.5, 0.6) is 0 Å². The molecule has 1 fully saturated rings. The number of rotatable bonds is 2. The molecule has 0 amide bonds. The lowest BCUT2D eigenvalue weighted by atomic mass is 9.88. The Hall–Kier alpha value is -0.850. The summed E-state index contributed by atoms with van der Waals surface area (Å²) in [7, 11) is -3.79. The third-order valence-corrected chi connectivity index (χ3v) is 6.60. The summed E-state index contributed by atoms with van der Waals surface area (Å²) in [6.45, 7) is 6.37. The van der Waals surface area contributed by atoms with Crippen molar-refractivity contribution in [2.75, 3.05) is 12.3 Å². The van der Waals surface area contributed by atoms with E-state index in [2.05, 4.69) is 0 Å². The van der Waals surface area contributed by atoms with Crippen LogP contribution in [0.15, 0.2) is 17.0 Å². The molecule has 1 aromatic rings. The van der Waals surface area contributed by atoms with Crippen LogP contribution in [0.4, 0.5) is 10.1 Å². The highest BCUT2D eigenvalue weighted by molar-refractivity contribution is 7.89. The van der Waals surface area contributed by atoms with Gasteiger partial charge < -0.3 is 5.73 Å². The largest absolute Gasteiger partial charge is 0.396 e. The predicted octanol–water partition coefficient (Wildman–Crippen LogP) is 3.12. The first-order chi connectivity index (χ1) is 9.64. The number of nitrogens with two attached hydrogens (primary N) is 1. The number of hydrogen-bond acceptors (Lipinski definition) is 3. The molecule has 0 saturated carbocycles. The summed E-state index contributed by atoms with van der Waals surface area (Å²) in [5, 5.41) is -0.139. The van der Waals surface area contributed by atoms with Gasteiger partial charge >= 0.3 is 0 Å². The highest BCUT2D eigenvalue weighted by Gasteiger charge is 2.38. The van der Waals surface area contributed by atoms with Crippen molar-refractivity contribution in [3.05, 3.63) is 23.0 Å². The number of hydrogen-bond donors (Lipinski definition) is 1. The molecule has 1 heterocycles. The van der Waals surface area contributed by atoms with Crippen LogP contribution in [0, 0.1) is 17.7 Å². The number of nitrogen functional groups attached to an aromatic ring is 1. The molecular weight excluding hydrogens is 315 g/mol. The van der Waals surface area contributed by atoms with Crippen LogP contribution in [0.1, 0.15) is 27.2 Å². The van der Waals surface area contributed by atoms with Crippen LogP contribution in [-0.2, 0) is 10.0 Å². The van der Waals surface area contributed by atoms with Crippen molar-refractivity contribution in [2.45, 2.75) is 38.1 Å². The summed E-state index contributed by atoms with van der Waals surface area (Å²) >= 11 is 5.92. The normalized spacial score (nSPS) is 27.8. The third kappa shape index (κ3) is 3.03. The van der Waals surface area contributed by atoms with Crippen LogP contribution in [0.25, 0.3) is 0 Å². The highest BCUT2D eigenvalue weighted by Crippen LogP contribution is 2.35. The van der Waals surface area contributed by atoms with Gasteiger partial charge in [0.25, 0.3) is 0 Å². The molecule has 4 nitrogen and oxygen atoms in total. The van der Waals surface area contributed by atoms with Crippen molar-refractivity contribution in [1.29, 1.82) is 0 Å². The van der Waals surface area contributed by atoms with E-state index in [4.69, 9.17) is 17.3 Å². The quantitative estimate of drug-likeness (QED) is 0.845. The predicted molar refractivity (Wildman–Crippen MR) is 82.1 cm³/mol. The molecule has 1 saturated heterocycles. The fourth-order valence-corrected chi connectivity index (χ4v) is 5.22. The smallest absolute Gasteiger partial charge is 0.244 e. The van der Waals surface area contributed by atoms with Gasteiger partial charge in [0.1, 0.15) is 10.7 Å². The molecule has 7 heteroatoms. The highest BCUT2D eigenvalue weighted by atomic mass is 35.5. The van der Waals surface area contributed by atoms with Crippen molar-refractivity contribution in [2.24, 2.45) is 11.8 Å². The SMILES string of the molecule is CC1CC(C)C(C)N(S(=O)(=O)c2cc(N)c(F)cc2Cl)C1. The molecule has 2 N–H and O–H groups in total. The van der Waals surface area contributed by atoms with Crippen LogP contribution in [-0.4, -0.2) is 25.3 Å². The Morgan fingerprint density at radius 3 is 2.57 bits per heavy atom. The van der Waals surface area contributed by atoms with Gasteiger partial charge in [-0.15, -0.1) is 0 Å². The Morgan fingerprint density at radius 1 is 1.33 bits per heavy atom. The molecule has 2 rings (SSSR count). The average molecular weight is 335 g/mol. The topological polar surface area (TPSA) is 63.4 Å². The van der Waals surface area contributed by atoms with Crippen LogP contribution < -0.4 is 5.73 Å². The van der Waals surface area contributed by atoms with Gasteiger partial charge in [0.15, 0.2) is 0 Å². The number of sulfonamides is 1. The Morgan fingerprint density at radius 2 is 1.95 bits per heavy atom. The monoisotopic (exact) mass is 334 g/mol. The first-order valence-corrected chi connectivity index (χ1v) is 8.72. The van der Waals surface area contributed by atoms with Crippen LogP contribution >= 0.6 is 11.6 Å². The second-order valence-corrected chi connectivity index (χ2v) is 8.20. The molecule has 1 aliphatic rings. The Labute approximate surface area is 130 Å². The molecule has 0 bridgehead atoms. The fourth-order valence-electron chi connectivity index (χ4n) is 2.85. The summed E-state index contributed by atoms with van der Waals surface area (Å²) in [6, 6.07) is 1.92. The molecule has 3 unspecified atom stereocenters. The van der Waals surface area contributed by atoms with Gasteiger partial charge in [-0.2, -0.15) is 4.31 Å². The molecule has 0 aliphatic carbocycles. The van der Waals surface area contributed by atoms with Gasteiger partial charge in [0.2, 0.25) is 10.0 Å². The number of nitrogens with zero attached hydrogens (tertiary/aromatic N) is 1. The van der Waals surface area contributed by atoms with Crippen molar-refractivity contribution < 1.29 is 12.8 Å². The van der Waals surface area contributed by atoms with Gasteiger partial charge in [-0.25, -0.2) is 12.8 Å². The molecule has 0 spiro atoms. The minimum absolute atomic E-state index is 0.129. The van der Waals surface area contributed by atoms with Gasteiger partial charge in [0.05, 0.1) is 10.7 Å². The summed E-state index contributed by atoms with van der Waals surface area (Å²) in [5.41, 5.74) is 5.27. The van der Waals surface area contributed by atoms with E-state index in [0.29, 0.717) is 6.54 Å². The van der Waals surface area contributed by atoms with E-state index in [0.717, 1.165) is 18.6 Å². The second kappa shape index (κ2) is 5.74. The first kappa shape index (κ1) is 16.5. The van der Waals surface area contributed by atoms with E-state index < -0.39 is 15.8 Å². The summed E-state index contributed by atoms with van der Waals surface area (Å²) in [6.07, 6.45) is 0.979. The van der Waals surface area contributed by atoms with E-state index in [9.17, 15) is 12.8 Å². The number of halogens is 2. The van der Waals surface area contributed by atoms with E-state index >= 15 is 0 Å². The maximum Gasteiger partial charge on any atom is 0.244 e.